The van der Waals surface area contributed by atoms with Gasteiger partial charge in [0.2, 0.25) is 0 Å². The molecule has 28 heavy (non-hydrogen) atoms. The summed E-state index contributed by atoms with van der Waals surface area (Å²) in [4.78, 5) is 41.1. The van der Waals surface area contributed by atoms with Crippen LogP contribution in [-0.4, -0.2) is 60.2 Å². The summed E-state index contributed by atoms with van der Waals surface area (Å²) in [5.74, 6) is -0.729. The first-order chi connectivity index (χ1) is 13.6. The third kappa shape index (κ3) is 4.79. The molecule has 0 unspecified atom stereocenters. The van der Waals surface area contributed by atoms with Gasteiger partial charge in [-0.25, -0.2) is 0 Å². The molecule has 1 saturated heterocycles. The van der Waals surface area contributed by atoms with Crippen LogP contribution in [0.5, 0.6) is 0 Å². The minimum atomic E-state index is -0.288. The second kappa shape index (κ2) is 9.82. The molecule has 1 fully saturated rings. The second-order valence-electron chi connectivity index (χ2n) is 7.74. The van der Waals surface area contributed by atoms with E-state index in [2.05, 4.69) is 10.2 Å². The summed E-state index contributed by atoms with van der Waals surface area (Å²) in [6, 6.07) is 4.80. The van der Waals surface area contributed by atoms with Gasteiger partial charge in [0.25, 0.3) is 17.7 Å². The van der Waals surface area contributed by atoms with Gasteiger partial charge in [0.1, 0.15) is 0 Å². The third-order valence-corrected chi connectivity index (χ3v) is 5.60. The first-order valence-electron chi connectivity index (χ1n) is 10.6. The Kier molecular flexibility index (Phi) is 7.20. The van der Waals surface area contributed by atoms with Crippen molar-refractivity contribution in [2.24, 2.45) is 0 Å². The minimum absolute atomic E-state index is 0.189. The predicted molar refractivity (Wildman–Crippen MR) is 109 cm³/mol. The number of nitrogens with one attached hydrogen (secondary N) is 1. The number of hydrogen-bond donors (Lipinski definition) is 1. The summed E-state index contributed by atoms with van der Waals surface area (Å²) in [6.07, 6.45) is 7.80. The van der Waals surface area contributed by atoms with Crippen LogP contribution in [0.4, 0.5) is 0 Å². The van der Waals surface area contributed by atoms with Gasteiger partial charge in [0.05, 0.1) is 11.1 Å². The van der Waals surface area contributed by atoms with Gasteiger partial charge in [-0.05, 0) is 63.5 Å². The van der Waals surface area contributed by atoms with Gasteiger partial charge in [-0.3, -0.25) is 19.3 Å². The van der Waals surface area contributed by atoms with Crippen molar-refractivity contribution in [1.82, 2.24) is 15.1 Å². The van der Waals surface area contributed by atoms with Gasteiger partial charge < -0.3 is 10.2 Å². The molecule has 0 saturated carbocycles. The van der Waals surface area contributed by atoms with Crippen LogP contribution in [0.2, 0.25) is 0 Å². The molecule has 2 aliphatic heterocycles. The molecule has 0 radical (unpaired) electrons. The maximum atomic E-state index is 12.5. The number of rotatable bonds is 8. The summed E-state index contributed by atoms with van der Waals surface area (Å²) in [7, 11) is 0. The van der Waals surface area contributed by atoms with Crippen molar-refractivity contribution in [2.45, 2.75) is 51.9 Å². The molecule has 1 aromatic carbocycles. The molecule has 1 aromatic rings. The average Bonchev–Trinajstić information content (AvgIpc) is 2.89. The maximum absolute atomic E-state index is 12.5. The molecule has 0 aliphatic carbocycles. The maximum Gasteiger partial charge on any atom is 0.261 e. The Labute approximate surface area is 167 Å². The Balaban J connectivity index is 1.52. The van der Waals surface area contributed by atoms with E-state index in [9.17, 15) is 14.4 Å². The number of carbonyl (C=O) groups excluding carboxylic acids is 3. The molecule has 0 aromatic heterocycles. The number of fused-ring (bicyclic) bond motifs is 1. The van der Waals surface area contributed by atoms with E-state index in [0.717, 1.165) is 38.9 Å². The molecule has 0 bridgehead atoms. The number of likely N-dealkylation sites (tertiary alicyclic amines) is 1. The van der Waals surface area contributed by atoms with E-state index in [0.29, 0.717) is 29.8 Å². The molecule has 6 heteroatoms. The lowest BCUT2D eigenvalue weighted by atomic mass is 10.1. The van der Waals surface area contributed by atoms with Crippen LogP contribution in [0.25, 0.3) is 0 Å². The van der Waals surface area contributed by atoms with Crippen molar-refractivity contribution < 1.29 is 14.4 Å². The van der Waals surface area contributed by atoms with Crippen molar-refractivity contribution in [1.29, 1.82) is 0 Å². The molecule has 2 aliphatic rings. The van der Waals surface area contributed by atoms with Crippen LogP contribution in [0.15, 0.2) is 18.2 Å². The average molecular weight is 386 g/mol. The Bertz CT molecular complexity index is 724. The summed E-state index contributed by atoms with van der Waals surface area (Å²) in [5, 5.41) is 2.94. The normalized spacial score (nSPS) is 17.5. The molecule has 152 valence electrons. The molecule has 0 atom stereocenters. The van der Waals surface area contributed by atoms with Crippen LogP contribution in [0.1, 0.15) is 82.9 Å². The second-order valence-corrected chi connectivity index (χ2v) is 7.74. The van der Waals surface area contributed by atoms with Crippen molar-refractivity contribution in [3.63, 3.8) is 0 Å². The van der Waals surface area contributed by atoms with E-state index in [1.54, 1.807) is 18.2 Å². The molecule has 1 N–H and O–H groups in total. The van der Waals surface area contributed by atoms with Gasteiger partial charge in [0.15, 0.2) is 0 Å². The number of benzene rings is 1. The monoisotopic (exact) mass is 385 g/mol. The first-order valence-corrected chi connectivity index (χ1v) is 10.6. The van der Waals surface area contributed by atoms with Crippen molar-refractivity contribution >= 4 is 17.7 Å². The highest BCUT2D eigenvalue weighted by atomic mass is 16.2. The zero-order chi connectivity index (χ0) is 19.9. The highest BCUT2D eigenvalue weighted by molar-refractivity contribution is 6.22. The third-order valence-electron chi connectivity index (χ3n) is 5.60. The summed E-state index contributed by atoms with van der Waals surface area (Å²) in [6.45, 7) is 6.38. The lowest BCUT2D eigenvalue weighted by molar-refractivity contribution is 0.0652. The number of amides is 3. The van der Waals surface area contributed by atoms with Gasteiger partial charge >= 0.3 is 0 Å². The fourth-order valence-corrected chi connectivity index (χ4v) is 3.92. The lowest BCUT2D eigenvalue weighted by Crippen LogP contribution is -2.31. The first kappa shape index (κ1) is 20.5. The van der Waals surface area contributed by atoms with Gasteiger partial charge in [-0.15, -0.1) is 0 Å². The Hall–Kier alpha value is -2.21. The van der Waals surface area contributed by atoms with Crippen LogP contribution in [0, 0.1) is 0 Å². The zero-order valence-corrected chi connectivity index (χ0v) is 16.8. The fourth-order valence-electron chi connectivity index (χ4n) is 3.92. The molecule has 3 amide bonds. The molecule has 2 heterocycles. The predicted octanol–water partition coefficient (Wildman–Crippen LogP) is 3.08. The number of hydrogen-bond acceptors (Lipinski definition) is 4. The summed E-state index contributed by atoms with van der Waals surface area (Å²) in [5.41, 5.74) is 1.18. The zero-order valence-electron chi connectivity index (χ0n) is 16.8. The number of unbranched alkanes of at least 4 members (excludes halogenated alkanes) is 1. The Morgan fingerprint density at radius 2 is 1.68 bits per heavy atom. The van der Waals surface area contributed by atoms with E-state index in [1.807, 2.05) is 6.92 Å². The summed E-state index contributed by atoms with van der Waals surface area (Å²) >= 11 is 0. The number of imide groups is 1. The minimum Gasteiger partial charge on any atom is -0.352 e. The quantitative estimate of drug-likeness (QED) is 0.551. The van der Waals surface area contributed by atoms with Crippen molar-refractivity contribution in [2.75, 3.05) is 32.7 Å². The van der Waals surface area contributed by atoms with Gasteiger partial charge in [0, 0.05) is 18.7 Å². The van der Waals surface area contributed by atoms with E-state index >= 15 is 0 Å². The number of nitrogens with zero attached hydrogens (tertiary/aromatic N) is 2. The topological polar surface area (TPSA) is 69.7 Å². The van der Waals surface area contributed by atoms with E-state index in [4.69, 9.17) is 0 Å². The van der Waals surface area contributed by atoms with Crippen LogP contribution in [0.3, 0.4) is 0 Å². The molecular weight excluding hydrogens is 354 g/mol. The van der Waals surface area contributed by atoms with Crippen molar-refractivity contribution in [3.8, 4) is 0 Å². The molecule has 3 rings (SSSR count). The molecule has 6 nitrogen and oxygen atoms in total. The lowest BCUT2D eigenvalue weighted by Gasteiger charge is -2.19. The Morgan fingerprint density at radius 1 is 0.964 bits per heavy atom. The van der Waals surface area contributed by atoms with E-state index < -0.39 is 0 Å². The van der Waals surface area contributed by atoms with Crippen LogP contribution < -0.4 is 5.32 Å². The van der Waals surface area contributed by atoms with Gasteiger partial charge in [-0.2, -0.15) is 0 Å². The molecule has 0 spiro atoms. The Morgan fingerprint density at radius 3 is 2.39 bits per heavy atom. The van der Waals surface area contributed by atoms with Gasteiger partial charge in [-0.1, -0.05) is 26.2 Å². The standard InChI is InChI=1S/C22H31N3O3/c1-2-3-15-25-21(27)18-10-9-17(16-19(18)22(25)28)20(26)23-11-8-14-24-12-6-4-5-7-13-24/h9-10,16H,2-8,11-15H2,1H3,(H,23,26). The largest absolute Gasteiger partial charge is 0.352 e. The number of carbonyl (C=O) groups is 3. The van der Waals surface area contributed by atoms with Crippen LogP contribution in [-0.2, 0) is 0 Å². The molecular formula is C22H31N3O3. The smallest absolute Gasteiger partial charge is 0.261 e. The van der Waals surface area contributed by atoms with Crippen LogP contribution >= 0.6 is 0 Å². The van der Waals surface area contributed by atoms with E-state index in [1.165, 1.54) is 30.6 Å². The highest BCUT2D eigenvalue weighted by Gasteiger charge is 2.35. The van der Waals surface area contributed by atoms with E-state index in [-0.39, 0.29) is 17.7 Å². The van der Waals surface area contributed by atoms with Crippen molar-refractivity contribution in [3.05, 3.63) is 34.9 Å². The summed E-state index contributed by atoms with van der Waals surface area (Å²) < 4.78 is 0. The SMILES string of the molecule is CCCCN1C(=O)c2ccc(C(=O)NCCCN3CCCCCC3)cc2C1=O. The highest BCUT2D eigenvalue weighted by Crippen LogP contribution is 2.24. The fraction of sp³-hybridized carbons (Fsp3) is 0.591.